The molecule has 2 N–H and O–H groups in total. The summed E-state index contributed by atoms with van der Waals surface area (Å²) in [5.74, 6) is 0.721. The third-order valence-corrected chi connectivity index (χ3v) is 7.24. The van der Waals surface area contributed by atoms with Gasteiger partial charge in [-0.05, 0) is 43.3 Å². The van der Waals surface area contributed by atoms with Crippen LogP contribution in [0.4, 0.5) is 5.69 Å². The molecule has 5 rings (SSSR count). The van der Waals surface area contributed by atoms with Crippen molar-refractivity contribution in [2.24, 2.45) is 4.99 Å². The first-order valence-corrected chi connectivity index (χ1v) is 12.6. The second kappa shape index (κ2) is 10.4. The molecule has 0 radical (unpaired) electrons. The number of phenolic OH excluding ortho intramolecular Hbond substituents is 1. The number of allylic oxidation sites excluding steroid dienone is 1. The maximum Gasteiger partial charge on any atom is 0.271 e. The van der Waals surface area contributed by atoms with Crippen molar-refractivity contribution in [3.8, 4) is 17.2 Å². The van der Waals surface area contributed by atoms with Gasteiger partial charge in [0.25, 0.3) is 11.5 Å². The van der Waals surface area contributed by atoms with Crippen molar-refractivity contribution >= 4 is 29.0 Å². The van der Waals surface area contributed by atoms with Crippen LogP contribution in [-0.2, 0) is 4.79 Å². The molecule has 8 nitrogen and oxygen atoms in total. The number of nitrogens with one attached hydrogen (secondary N) is 1. The lowest BCUT2D eigenvalue weighted by Gasteiger charge is -2.26. The van der Waals surface area contributed by atoms with E-state index in [0.29, 0.717) is 48.9 Å². The molecule has 1 aliphatic rings. The number of aromatic nitrogens is 1. The normalized spacial score (nSPS) is 15.0. The SMILES string of the molecule is COc1ccc([C@@H]2C(C(=O)Nc3ccccc3)=C(C)N=c3s/c(=C\c4ccccc4O)c(=O)n32)c(OC)c1. The van der Waals surface area contributed by atoms with Crippen molar-refractivity contribution in [2.45, 2.75) is 13.0 Å². The minimum atomic E-state index is -0.817. The fraction of sp³-hybridized carbons (Fsp3) is 0.138. The Bertz CT molecular complexity index is 1740. The van der Waals surface area contributed by atoms with Crippen molar-refractivity contribution in [1.82, 2.24) is 4.57 Å². The lowest BCUT2D eigenvalue weighted by molar-refractivity contribution is -0.113. The number of hydrogen-bond acceptors (Lipinski definition) is 7. The first-order valence-electron chi connectivity index (χ1n) is 11.8. The number of amides is 1. The first-order chi connectivity index (χ1) is 18.4. The Balaban J connectivity index is 1.73. The Morgan fingerprint density at radius 2 is 1.79 bits per heavy atom. The summed E-state index contributed by atoms with van der Waals surface area (Å²) in [6.07, 6.45) is 1.63. The minimum absolute atomic E-state index is 0.0609. The van der Waals surface area contributed by atoms with Crippen LogP contribution in [0.15, 0.2) is 93.9 Å². The molecule has 9 heteroatoms. The monoisotopic (exact) mass is 527 g/mol. The second-order valence-electron chi connectivity index (χ2n) is 8.57. The number of ether oxygens (including phenoxy) is 2. The van der Waals surface area contributed by atoms with Gasteiger partial charge in [0.15, 0.2) is 4.80 Å². The van der Waals surface area contributed by atoms with Gasteiger partial charge in [-0.25, -0.2) is 4.99 Å². The fourth-order valence-corrected chi connectivity index (χ4v) is 5.46. The summed E-state index contributed by atoms with van der Waals surface area (Å²) in [7, 11) is 3.08. The molecule has 0 saturated heterocycles. The Labute approximate surface area is 222 Å². The summed E-state index contributed by atoms with van der Waals surface area (Å²) in [6.45, 7) is 1.75. The molecule has 1 amide bonds. The lowest BCUT2D eigenvalue weighted by Crippen LogP contribution is -2.40. The first kappa shape index (κ1) is 25.0. The number of thiazole rings is 1. The number of methoxy groups -OCH3 is 2. The van der Waals surface area contributed by atoms with E-state index in [0.717, 1.165) is 0 Å². The number of fused-ring (bicyclic) bond motifs is 1. The number of phenols is 1. The molecule has 1 atom stereocenters. The molecule has 4 aromatic rings. The summed E-state index contributed by atoms with van der Waals surface area (Å²) in [4.78, 5) is 32.6. The van der Waals surface area contributed by atoms with E-state index in [1.807, 2.05) is 18.2 Å². The van der Waals surface area contributed by atoms with E-state index in [1.165, 1.54) is 23.0 Å². The average molecular weight is 528 g/mol. The topological polar surface area (TPSA) is 102 Å². The highest BCUT2D eigenvalue weighted by Gasteiger charge is 2.34. The quantitative estimate of drug-likeness (QED) is 0.399. The van der Waals surface area contributed by atoms with Crippen molar-refractivity contribution in [1.29, 1.82) is 0 Å². The van der Waals surface area contributed by atoms with Gasteiger partial charge < -0.3 is 19.9 Å². The van der Waals surface area contributed by atoms with Crippen LogP contribution in [0.5, 0.6) is 17.2 Å². The molecule has 0 fully saturated rings. The molecular formula is C29H25N3O5S. The molecule has 0 saturated carbocycles. The van der Waals surface area contributed by atoms with Crippen LogP contribution in [0.3, 0.4) is 0 Å². The number of anilines is 1. The molecule has 0 bridgehead atoms. The predicted octanol–water partition coefficient (Wildman–Crippen LogP) is 3.60. The highest BCUT2D eigenvalue weighted by Crippen LogP contribution is 2.37. The Morgan fingerprint density at radius 3 is 2.50 bits per heavy atom. The molecule has 38 heavy (non-hydrogen) atoms. The van der Waals surface area contributed by atoms with Crippen LogP contribution in [0.25, 0.3) is 6.08 Å². The summed E-state index contributed by atoms with van der Waals surface area (Å²) in [5.41, 5.74) is 2.20. The van der Waals surface area contributed by atoms with Crippen molar-refractivity contribution in [3.63, 3.8) is 0 Å². The van der Waals surface area contributed by atoms with Gasteiger partial charge in [-0.3, -0.25) is 14.2 Å². The van der Waals surface area contributed by atoms with E-state index in [1.54, 1.807) is 74.7 Å². The lowest BCUT2D eigenvalue weighted by atomic mass is 9.94. The minimum Gasteiger partial charge on any atom is -0.507 e. The van der Waals surface area contributed by atoms with E-state index in [2.05, 4.69) is 10.3 Å². The Morgan fingerprint density at radius 1 is 1.05 bits per heavy atom. The number of rotatable bonds is 6. The number of para-hydroxylation sites is 2. The number of carbonyl (C=O) groups excluding carboxylic acids is 1. The smallest absolute Gasteiger partial charge is 0.271 e. The van der Waals surface area contributed by atoms with Gasteiger partial charge in [-0.1, -0.05) is 47.7 Å². The molecular weight excluding hydrogens is 502 g/mol. The zero-order valence-electron chi connectivity index (χ0n) is 21.0. The molecule has 192 valence electrons. The van der Waals surface area contributed by atoms with Crippen molar-refractivity contribution in [3.05, 3.63) is 115 Å². The average Bonchev–Trinajstić information content (AvgIpc) is 3.23. The van der Waals surface area contributed by atoms with Crippen LogP contribution in [0.2, 0.25) is 0 Å². The molecule has 0 unspecified atom stereocenters. The third-order valence-electron chi connectivity index (χ3n) is 6.26. The number of hydrogen-bond donors (Lipinski definition) is 2. The van der Waals surface area contributed by atoms with Crippen LogP contribution >= 0.6 is 11.3 Å². The number of benzene rings is 3. The summed E-state index contributed by atoms with van der Waals surface area (Å²) in [5, 5.41) is 13.2. The van der Waals surface area contributed by atoms with Gasteiger partial charge in [-0.2, -0.15) is 0 Å². The Kier molecular flexibility index (Phi) is 6.85. The van der Waals surface area contributed by atoms with Gasteiger partial charge >= 0.3 is 0 Å². The molecule has 3 aromatic carbocycles. The second-order valence-corrected chi connectivity index (χ2v) is 9.58. The van der Waals surface area contributed by atoms with Gasteiger partial charge in [0.2, 0.25) is 0 Å². The van der Waals surface area contributed by atoms with E-state index < -0.39 is 6.04 Å². The fourth-order valence-electron chi connectivity index (χ4n) is 4.42. The largest absolute Gasteiger partial charge is 0.507 e. The standard InChI is InChI=1S/C29H25N3O5S/c1-17-25(27(34)31-19-10-5-4-6-11-19)26(21-14-13-20(36-2)16-23(21)37-3)32-28(35)24(38-29(32)30-17)15-18-9-7-8-12-22(18)33/h4-16,26,33H,1-3H3,(H,31,34)/b24-15-/t26-/m1/s1. The van der Waals surface area contributed by atoms with E-state index in [9.17, 15) is 14.7 Å². The van der Waals surface area contributed by atoms with E-state index >= 15 is 0 Å². The molecule has 0 aliphatic carbocycles. The van der Waals surface area contributed by atoms with Crippen molar-refractivity contribution < 1.29 is 19.4 Å². The van der Waals surface area contributed by atoms with Crippen LogP contribution in [0, 0.1) is 0 Å². The molecule has 1 aliphatic heterocycles. The van der Waals surface area contributed by atoms with Gasteiger partial charge in [0.05, 0.1) is 30.0 Å². The predicted molar refractivity (Wildman–Crippen MR) is 146 cm³/mol. The zero-order chi connectivity index (χ0) is 26.8. The maximum absolute atomic E-state index is 13.8. The highest BCUT2D eigenvalue weighted by molar-refractivity contribution is 7.07. The highest BCUT2D eigenvalue weighted by atomic mass is 32.1. The molecule has 1 aromatic heterocycles. The summed E-state index contributed by atoms with van der Waals surface area (Å²) in [6, 6.07) is 20.3. The van der Waals surface area contributed by atoms with E-state index in [-0.39, 0.29) is 17.2 Å². The van der Waals surface area contributed by atoms with Crippen LogP contribution in [0.1, 0.15) is 24.1 Å². The molecule has 0 spiro atoms. The van der Waals surface area contributed by atoms with Crippen LogP contribution < -0.4 is 29.7 Å². The molecule has 2 heterocycles. The van der Waals surface area contributed by atoms with Gasteiger partial charge in [0.1, 0.15) is 23.3 Å². The maximum atomic E-state index is 13.8. The van der Waals surface area contributed by atoms with Gasteiger partial charge in [0, 0.05) is 22.9 Å². The van der Waals surface area contributed by atoms with Gasteiger partial charge in [-0.15, -0.1) is 0 Å². The Hall–Kier alpha value is -4.63. The van der Waals surface area contributed by atoms with E-state index in [4.69, 9.17) is 9.47 Å². The van der Waals surface area contributed by atoms with Crippen molar-refractivity contribution in [2.75, 3.05) is 19.5 Å². The number of carbonyl (C=O) groups is 1. The summed E-state index contributed by atoms with van der Waals surface area (Å²) >= 11 is 1.19. The zero-order valence-corrected chi connectivity index (χ0v) is 21.8. The summed E-state index contributed by atoms with van der Waals surface area (Å²) < 4.78 is 12.9. The van der Waals surface area contributed by atoms with Crippen LogP contribution in [-0.4, -0.2) is 29.8 Å². The number of aromatic hydroxyl groups is 1. The third kappa shape index (κ3) is 4.59. The number of nitrogens with zero attached hydrogens (tertiary/aromatic N) is 2.